The van der Waals surface area contributed by atoms with Crippen molar-refractivity contribution < 1.29 is 9.21 Å². The standard InChI is InChI=1S/C12H19N3O2/c1-2-14-12(16)11-8-13-5-6-15(11)9-10-4-3-7-17-10/h3-4,7,11,13H,2,5-6,8-9H2,1H3,(H,14,16). The van der Waals surface area contributed by atoms with Crippen molar-refractivity contribution in [1.29, 1.82) is 0 Å². The highest BCUT2D eigenvalue weighted by atomic mass is 16.3. The molecule has 0 saturated carbocycles. The Labute approximate surface area is 101 Å². The fraction of sp³-hybridized carbons (Fsp3) is 0.583. The first-order chi connectivity index (χ1) is 8.31. The molecule has 5 heteroatoms. The van der Waals surface area contributed by atoms with Gasteiger partial charge >= 0.3 is 0 Å². The van der Waals surface area contributed by atoms with Crippen LogP contribution < -0.4 is 10.6 Å². The van der Waals surface area contributed by atoms with Gasteiger partial charge in [-0.05, 0) is 19.1 Å². The average Bonchev–Trinajstić information content (AvgIpc) is 2.83. The van der Waals surface area contributed by atoms with Crippen LogP contribution in [-0.2, 0) is 11.3 Å². The van der Waals surface area contributed by atoms with Crippen LogP contribution in [0, 0.1) is 0 Å². The molecule has 1 aliphatic heterocycles. The number of nitrogens with zero attached hydrogens (tertiary/aromatic N) is 1. The molecule has 94 valence electrons. The maximum atomic E-state index is 11.9. The van der Waals surface area contributed by atoms with Gasteiger partial charge in [-0.15, -0.1) is 0 Å². The summed E-state index contributed by atoms with van der Waals surface area (Å²) >= 11 is 0. The third kappa shape index (κ3) is 3.08. The van der Waals surface area contributed by atoms with Crippen molar-refractivity contribution in [3.8, 4) is 0 Å². The van der Waals surface area contributed by atoms with Gasteiger partial charge < -0.3 is 15.1 Å². The van der Waals surface area contributed by atoms with E-state index in [2.05, 4.69) is 15.5 Å². The predicted molar refractivity (Wildman–Crippen MR) is 64.5 cm³/mol. The zero-order chi connectivity index (χ0) is 12.1. The number of carbonyl (C=O) groups excluding carboxylic acids is 1. The first-order valence-corrected chi connectivity index (χ1v) is 6.06. The summed E-state index contributed by atoms with van der Waals surface area (Å²) in [6, 6.07) is 3.71. The Bertz CT molecular complexity index is 351. The van der Waals surface area contributed by atoms with Gasteiger partial charge in [0.15, 0.2) is 0 Å². The van der Waals surface area contributed by atoms with Crippen molar-refractivity contribution in [1.82, 2.24) is 15.5 Å². The number of nitrogens with one attached hydrogen (secondary N) is 2. The van der Waals surface area contributed by atoms with Crippen molar-refractivity contribution in [2.45, 2.75) is 19.5 Å². The lowest BCUT2D eigenvalue weighted by Gasteiger charge is -2.34. The van der Waals surface area contributed by atoms with E-state index in [1.165, 1.54) is 0 Å². The number of amides is 1. The molecule has 1 amide bonds. The van der Waals surface area contributed by atoms with Gasteiger partial charge in [0.25, 0.3) is 0 Å². The zero-order valence-electron chi connectivity index (χ0n) is 10.1. The minimum atomic E-state index is -0.103. The lowest BCUT2D eigenvalue weighted by Crippen LogP contribution is -2.57. The average molecular weight is 237 g/mol. The molecular weight excluding hydrogens is 218 g/mol. The van der Waals surface area contributed by atoms with Crippen molar-refractivity contribution in [2.24, 2.45) is 0 Å². The monoisotopic (exact) mass is 237 g/mol. The molecule has 2 rings (SSSR count). The Hall–Kier alpha value is -1.33. The van der Waals surface area contributed by atoms with Crippen LogP contribution in [0.4, 0.5) is 0 Å². The number of piperazine rings is 1. The van der Waals surface area contributed by atoms with E-state index >= 15 is 0 Å². The van der Waals surface area contributed by atoms with Gasteiger partial charge in [0.2, 0.25) is 5.91 Å². The molecule has 1 fully saturated rings. The van der Waals surface area contributed by atoms with Crippen LogP contribution in [0.15, 0.2) is 22.8 Å². The second kappa shape index (κ2) is 5.84. The normalized spacial score (nSPS) is 21.4. The second-order valence-corrected chi connectivity index (χ2v) is 4.16. The van der Waals surface area contributed by atoms with Crippen molar-refractivity contribution in [3.05, 3.63) is 24.2 Å². The Morgan fingerprint density at radius 2 is 2.59 bits per heavy atom. The SMILES string of the molecule is CCNC(=O)C1CNCCN1Cc1ccco1. The maximum Gasteiger partial charge on any atom is 0.238 e. The summed E-state index contributed by atoms with van der Waals surface area (Å²) in [6.07, 6.45) is 1.67. The molecule has 1 aromatic rings. The van der Waals surface area contributed by atoms with E-state index in [0.717, 1.165) is 18.8 Å². The highest BCUT2D eigenvalue weighted by Gasteiger charge is 2.28. The third-order valence-corrected chi connectivity index (χ3v) is 2.95. The summed E-state index contributed by atoms with van der Waals surface area (Å²) in [5, 5.41) is 6.12. The molecule has 5 nitrogen and oxygen atoms in total. The largest absolute Gasteiger partial charge is 0.468 e. The van der Waals surface area contributed by atoms with Gasteiger partial charge in [-0.25, -0.2) is 0 Å². The molecule has 0 bridgehead atoms. The number of carbonyl (C=O) groups is 1. The van der Waals surface area contributed by atoms with Crippen LogP contribution in [0.3, 0.4) is 0 Å². The van der Waals surface area contributed by atoms with Gasteiger partial charge in [0, 0.05) is 26.2 Å². The van der Waals surface area contributed by atoms with Crippen LogP contribution in [-0.4, -0.2) is 43.0 Å². The summed E-state index contributed by atoms with van der Waals surface area (Å²) in [4.78, 5) is 14.1. The molecule has 2 N–H and O–H groups in total. The Morgan fingerprint density at radius 3 is 3.29 bits per heavy atom. The summed E-state index contributed by atoms with van der Waals surface area (Å²) < 4.78 is 5.33. The molecule has 17 heavy (non-hydrogen) atoms. The van der Waals surface area contributed by atoms with E-state index in [1.807, 2.05) is 19.1 Å². The van der Waals surface area contributed by atoms with Crippen LogP contribution in [0.25, 0.3) is 0 Å². The fourth-order valence-corrected chi connectivity index (χ4v) is 2.09. The minimum absolute atomic E-state index is 0.0891. The first-order valence-electron chi connectivity index (χ1n) is 6.06. The third-order valence-electron chi connectivity index (χ3n) is 2.95. The highest BCUT2D eigenvalue weighted by Crippen LogP contribution is 2.10. The van der Waals surface area contributed by atoms with E-state index in [9.17, 15) is 4.79 Å². The van der Waals surface area contributed by atoms with E-state index in [0.29, 0.717) is 19.6 Å². The molecular formula is C12H19N3O2. The molecule has 1 unspecified atom stereocenters. The highest BCUT2D eigenvalue weighted by molar-refractivity contribution is 5.82. The topological polar surface area (TPSA) is 57.5 Å². The second-order valence-electron chi connectivity index (χ2n) is 4.16. The number of hydrogen-bond donors (Lipinski definition) is 2. The number of hydrogen-bond acceptors (Lipinski definition) is 4. The van der Waals surface area contributed by atoms with Crippen molar-refractivity contribution in [3.63, 3.8) is 0 Å². The Balaban J connectivity index is 1.99. The molecule has 0 aromatic carbocycles. The lowest BCUT2D eigenvalue weighted by atomic mass is 10.1. The zero-order valence-corrected chi connectivity index (χ0v) is 10.1. The van der Waals surface area contributed by atoms with E-state index in [-0.39, 0.29) is 11.9 Å². The lowest BCUT2D eigenvalue weighted by molar-refractivity contribution is -0.127. The van der Waals surface area contributed by atoms with E-state index in [1.54, 1.807) is 6.26 Å². The van der Waals surface area contributed by atoms with Crippen molar-refractivity contribution >= 4 is 5.91 Å². The van der Waals surface area contributed by atoms with Gasteiger partial charge in [-0.1, -0.05) is 0 Å². The molecule has 1 saturated heterocycles. The van der Waals surface area contributed by atoms with Gasteiger partial charge in [-0.2, -0.15) is 0 Å². The molecule has 0 spiro atoms. The Kier molecular flexibility index (Phi) is 4.17. The molecule has 1 aliphatic rings. The molecule has 0 radical (unpaired) electrons. The van der Waals surface area contributed by atoms with Gasteiger partial charge in [0.05, 0.1) is 12.8 Å². The van der Waals surface area contributed by atoms with E-state index in [4.69, 9.17) is 4.42 Å². The molecule has 1 atom stereocenters. The van der Waals surface area contributed by atoms with Gasteiger partial charge in [0.1, 0.15) is 11.8 Å². The number of rotatable bonds is 4. The van der Waals surface area contributed by atoms with E-state index < -0.39 is 0 Å². The summed E-state index contributed by atoms with van der Waals surface area (Å²) in [7, 11) is 0. The number of furan rings is 1. The molecule has 0 aliphatic carbocycles. The van der Waals surface area contributed by atoms with Crippen LogP contribution in [0.1, 0.15) is 12.7 Å². The van der Waals surface area contributed by atoms with Crippen molar-refractivity contribution in [2.75, 3.05) is 26.2 Å². The molecule has 2 heterocycles. The quantitative estimate of drug-likeness (QED) is 0.785. The van der Waals surface area contributed by atoms with Gasteiger partial charge in [-0.3, -0.25) is 9.69 Å². The minimum Gasteiger partial charge on any atom is -0.468 e. The maximum absolute atomic E-state index is 11.9. The predicted octanol–water partition coefficient (Wildman–Crippen LogP) is 0.190. The Morgan fingerprint density at radius 1 is 1.71 bits per heavy atom. The first kappa shape index (κ1) is 12.1. The smallest absolute Gasteiger partial charge is 0.238 e. The van der Waals surface area contributed by atoms with Crippen LogP contribution in [0.5, 0.6) is 0 Å². The number of likely N-dealkylation sites (N-methyl/N-ethyl adjacent to an activating group) is 1. The fourth-order valence-electron chi connectivity index (χ4n) is 2.09. The molecule has 1 aromatic heterocycles. The van der Waals surface area contributed by atoms with Crippen LogP contribution >= 0.6 is 0 Å². The van der Waals surface area contributed by atoms with Crippen LogP contribution in [0.2, 0.25) is 0 Å². The summed E-state index contributed by atoms with van der Waals surface area (Å²) in [6.45, 7) is 5.77. The summed E-state index contributed by atoms with van der Waals surface area (Å²) in [5.74, 6) is 0.993. The summed E-state index contributed by atoms with van der Waals surface area (Å²) in [5.41, 5.74) is 0.